The number of esters is 2. The highest BCUT2D eigenvalue weighted by Gasteiger charge is 2.46. The second kappa shape index (κ2) is 34.0. The standard InChI is InChI=1S/C45H66O12S/c1-3-5-7-9-11-13-15-17-18-19-20-22-23-25-27-29-31-33-40(46)54-35-38(36-55-45-44(50)43(49)42(48)39(57-45)37-58(51,52)53)56-41(47)34-32-30-28-26-24-21-16-14-12-10-8-6-4-2/h5-8,10-14,16-18,20-22,24-28,38-39,42-45,48-50H,3-4,9,15,19,23,29-37H2,1-2H3,(H,51,52,53)/b7-5+,8-6+,12-10+,13-11+,16-14+,18-17+,22-20+,24-21+,27-25+,28-26+/t38?,39-,42-,43?,44?,45+/m1/s1. The molecular weight excluding hydrogens is 765 g/mol. The van der Waals surface area contributed by atoms with Crippen LogP contribution in [0.4, 0.5) is 0 Å². The van der Waals surface area contributed by atoms with E-state index in [9.17, 15) is 37.9 Å². The summed E-state index contributed by atoms with van der Waals surface area (Å²) in [6.07, 6.45) is 38.4. The van der Waals surface area contributed by atoms with Gasteiger partial charge in [-0.3, -0.25) is 14.1 Å². The fourth-order valence-corrected chi connectivity index (χ4v) is 5.78. The molecule has 1 saturated heterocycles. The molecule has 0 radical (unpaired) electrons. The van der Waals surface area contributed by atoms with Crippen molar-refractivity contribution in [3.8, 4) is 0 Å². The first-order chi connectivity index (χ1) is 28.0. The van der Waals surface area contributed by atoms with E-state index >= 15 is 0 Å². The average molecular weight is 831 g/mol. The Kier molecular flexibility index (Phi) is 30.5. The summed E-state index contributed by atoms with van der Waals surface area (Å²) in [5.41, 5.74) is 0. The van der Waals surface area contributed by atoms with Crippen molar-refractivity contribution in [2.24, 2.45) is 0 Å². The summed E-state index contributed by atoms with van der Waals surface area (Å²) in [6.45, 7) is 3.34. The number of aliphatic hydroxyl groups excluding tert-OH is 3. The molecule has 58 heavy (non-hydrogen) atoms. The van der Waals surface area contributed by atoms with Crippen molar-refractivity contribution >= 4 is 22.1 Å². The molecule has 3 unspecified atom stereocenters. The van der Waals surface area contributed by atoms with E-state index in [1.807, 2.05) is 66.8 Å². The maximum Gasteiger partial charge on any atom is 0.306 e. The van der Waals surface area contributed by atoms with Gasteiger partial charge in [-0.2, -0.15) is 8.42 Å². The van der Waals surface area contributed by atoms with Gasteiger partial charge in [0.15, 0.2) is 12.4 Å². The maximum atomic E-state index is 12.7. The van der Waals surface area contributed by atoms with Crippen LogP contribution in [0.25, 0.3) is 0 Å². The van der Waals surface area contributed by atoms with E-state index in [0.29, 0.717) is 25.7 Å². The molecule has 0 spiro atoms. The molecule has 1 rings (SSSR count). The zero-order chi connectivity index (χ0) is 42.7. The van der Waals surface area contributed by atoms with Crippen molar-refractivity contribution in [2.75, 3.05) is 19.0 Å². The van der Waals surface area contributed by atoms with E-state index in [4.69, 9.17) is 18.9 Å². The van der Waals surface area contributed by atoms with Crippen molar-refractivity contribution in [1.29, 1.82) is 0 Å². The number of allylic oxidation sites excluding steroid dienone is 20. The van der Waals surface area contributed by atoms with Crippen LogP contribution in [0.3, 0.4) is 0 Å². The summed E-state index contributed by atoms with van der Waals surface area (Å²) < 4.78 is 53.7. The summed E-state index contributed by atoms with van der Waals surface area (Å²) in [6, 6.07) is 0. The molecule has 1 heterocycles. The molecule has 6 atom stereocenters. The highest BCUT2D eigenvalue weighted by atomic mass is 32.2. The van der Waals surface area contributed by atoms with Crippen LogP contribution >= 0.6 is 0 Å². The Morgan fingerprint density at radius 2 is 1.09 bits per heavy atom. The van der Waals surface area contributed by atoms with E-state index in [1.54, 1.807) is 0 Å². The number of ether oxygens (including phenoxy) is 4. The highest BCUT2D eigenvalue weighted by molar-refractivity contribution is 7.85. The van der Waals surface area contributed by atoms with E-state index in [0.717, 1.165) is 38.5 Å². The van der Waals surface area contributed by atoms with Gasteiger partial charge in [0.2, 0.25) is 0 Å². The van der Waals surface area contributed by atoms with Gasteiger partial charge in [-0.15, -0.1) is 0 Å². The van der Waals surface area contributed by atoms with Crippen LogP contribution in [-0.4, -0.2) is 96.0 Å². The molecule has 0 bridgehead atoms. The van der Waals surface area contributed by atoms with Crippen LogP contribution in [0.1, 0.15) is 90.9 Å². The number of aliphatic hydroxyl groups is 3. The van der Waals surface area contributed by atoms with Gasteiger partial charge in [-0.25, -0.2) is 0 Å². The molecule has 0 amide bonds. The predicted molar refractivity (Wildman–Crippen MR) is 228 cm³/mol. The Morgan fingerprint density at radius 1 is 0.603 bits per heavy atom. The third kappa shape index (κ3) is 28.5. The highest BCUT2D eigenvalue weighted by Crippen LogP contribution is 2.23. The van der Waals surface area contributed by atoms with E-state index in [2.05, 4.69) is 68.5 Å². The van der Waals surface area contributed by atoms with Crippen LogP contribution in [0, 0.1) is 0 Å². The molecule has 1 aliphatic heterocycles. The minimum atomic E-state index is -4.62. The largest absolute Gasteiger partial charge is 0.462 e. The van der Waals surface area contributed by atoms with Gasteiger partial charge in [0, 0.05) is 12.8 Å². The van der Waals surface area contributed by atoms with E-state index in [-0.39, 0.29) is 19.4 Å². The molecule has 324 valence electrons. The van der Waals surface area contributed by atoms with Gasteiger partial charge in [0.05, 0.1) is 6.61 Å². The third-order valence-electron chi connectivity index (χ3n) is 8.16. The number of carbonyl (C=O) groups excluding carboxylic acids is 2. The summed E-state index contributed by atoms with van der Waals surface area (Å²) in [7, 11) is -4.62. The predicted octanol–water partition coefficient (Wildman–Crippen LogP) is 7.44. The Morgan fingerprint density at radius 3 is 1.64 bits per heavy atom. The Labute approximate surface area is 346 Å². The van der Waals surface area contributed by atoms with Gasteiger partial charge >= 0.3 is 11.9 Å². The van der Waals surface area contributed by atoms with Crippen molar-refractivity contribution in [3.05, 3.63) is 122 Å². The van der Waals surface area contributed by atoms with E-state index < -0.39 is 71.2 Å². The number of rotatable bonds is 30. The first kappa shape index (κ1) is 52.1. The number of hydrogen-bond donors (Lipinski definition) is 4. The fourth-order valence-electron chi connectivity index (χ4n) is 5.09. The quantitative estimate of drug-likeness (QED) is 0.0185. The molecule has 0 aromatic carbocycles. The van der Waals surface area contributed by atoms with Crippen LogP contribution in [0.15, 0.2) is 122 Å². The van der Waals surface area contributed by atoms with Crippen molar-refractivity contribution in [2.45, 2.75) is 128 Å². The zero-order valence-corrected chi connectivity index (χ0v) is 34.9. The molecule has 13 heteroatoms. The summed E-state index contributed by atoms with van der Waals surface area (Å²) >= 11 is 0. The minimum absolute atomic E-state index is 0.0472. The Hall–Kier alpha value is -3.95. The second-order valence-corrected chi connectivity index (χ2v) is 14.8. The van der Waals surface area contributed by atoms with Gasteiger partial charge in [0.1, 0.15) is 36.8 Å². The van der Waals surface area contributed by atoms with E-state index in [1.165, 1.54) is 0 Å². The summed E-state index contributed by atoms with van der Waals surface area (Å²) in [4.78, 5) is 25.3. The van der Waals surface area contributed by atoms with Crippen LogP contribution in [-0.2, 0) is 38.7 Å². The number of carbonyl (C=O) groups is 2. The van der Waals surface area contributed by atoms with Crippen LogP contribution in [0.5, 0.6) is 0 Å². The van der Waals surface area contributed by atoms with Gasteiger partial charge in [-0.05, 0) is 64.2 Å². The molecule has 0 aromatic rings. The Bertz CT molecular complexity index is 1530. The zero-order valence-electron chi connectivity index (χ0n) is 34.1. The smallest absolute Gasteiger partial charge is 0.306 e. The fraction of sp³-hybridized carbons (Fsp3) is 0.511. The Balaban J connectivity index is 2.60. The van der Waals surface area contributed by atoms with Crippen LogP contribution in [0.2, 0.25) is 0 Å². The molecule has 4 N–H and O–H groups in total. The van der Waals surface area contributed by atoms with Crippen molar-refractivity contribution in [3.63, 3.8) is 0 Å². The van der Waals surface area contributed by atoms with Crippen LogP contribution < -0.4 is 0 Å². The van der Waals surface area contributed by atoms with Gasteiger partial charge in [-0.1, -0.05) is 135 Å². The van der Waals surface area contributed by atoms with Gasteiger partial charge < -0.3 is 34.3 Å². The minimum Gasteiger partial charge on any atom is -0.462 e. The van der Waals surface area contributed by atoms with Crippen molar-refractivity contribution < 1.29 is 56.8 Å². The average Bonchev–Trinajstić information content (AvgIpc) is 3.18. The normalized spacial score (nSPS) is 21.7. The number of unbranched alkanes of at least 4 members (excludes halogenated alkanes) is 2. The molecule has 0 aliphatic carbocycles. The third-order valence-corrected chi connectivity index (χ3v) is 8.91. The lowest BCUT2D eigenvalue weighted by Gasteiger charge is -2.40. The first-order valence-corrected chi connectivity index (χ1v) is 21.8. The summed E-state index contributed by atoms with van der Waals surface area (Å²) in [5, 5.41) is 30.8. The molecule has 0 saturated carbocycles. The molecule has 0 aromatic heterocycles. The first-order valence-electron chi connectivity index (χ1n) is 20.2. The molecule has 1 fully saturated rings. The monoisotopic (exact) mass is 830 g/mol. The maximum absolute atomic E-state index is 12.7. The van der Waals surface area contributed by atoms with Gasteiger partial charge in [0.25, 0.3) is 10.1 Å². The molecule has 12 nitrogen and oxygen atoms in total. The number of hydrogen-bond acceptors (Lipinski definition) is 11. The van der Waals surface area contributed by atoms with Crippen molar-refractivity contribution in [1.82, 2.24) is 0 Å². The lowest BCUT2D eigenvalue weighted by atomic mass is 10.00. The SMILES string of the molecule is CC/C=C/C=C/C=C/C=C/C=C/CCCC(=O)OC(COC(=O)CCC/C=C/C/C=C/C/C=C/C/C=C/C/C=C/CC)CO[C@H]1O[C@H](CS(=O)(=O)O)[C@@H](O)C(O)C1O. The molecular formula is C45H66O12S. The summed E-state index contributed by atoms with van der Waals surface area (Å²) in [5.74, 6) is -2.18. The lowest BCUT2D eigenvalue weighted by Crippen LogP contribution is -2.60. The lowest BCUT2D eigenvalue weighted by molar-refractivity contribution is -0.297. The second-order valence-electron chi connectivity index (χ2n) is 13.3. The topological polar surface area (TPSA) is 186 Å². The molecule has 1 aliphatic rings.